The van der Waals surface area contributed by atoms with E-state index in [9.17, 15) is 9.59 Å². The minimum atomic E-state index is -0.393. The van der Waals surface area contributed by atoms with Gasteiger partial charge in [0.25, 0.3) is 5.91 Å². The van der Waals surface area contributed by atoms with Crippen LogP contribution in [0.4, 0.5) is 0 Å². The SMILES string of the molecule is O=C(COc1ccc2c(c1)oc(=O)c1ccccc12)NCCCn1ccnc1. The summed E-state index contributed by atoms with van der Waals surface area (Å²) in [6.07, 6.45) is 6.15. The zero-order chi connectivity index (χ0) is 19.3. The standard InChI is InChI=1S/C21H19N3O4/c25-20(23-8-3-10-24-11-9-22-14-24)13-27-15-6-7-17-16-4-1-2-5-18(16)21(26)28-19(17)12-15/h1-2,4-7,9,11-12,14H,3,8,10,13H2,(H,23,25). The lowest BCUT2D eigenvalue weighted by Gasteiger charge is -2.09. The number of hydrogen-bond acceptors (Lipinski definition) is 5. The molecule has 0 aliphatic carbocycles. The molecule has 1 N–H and O–H groups in total. The number of carbonyl (C=O) groups is 1. The van der Waals surface area contributed by atoms with E-state index in [-0.39, 0.29) is 12.5 Å². The molecule has 0 unspecified atom stereocenters. The van der Waals surface area contributed by atoms with Crippen LogP contribution in [0.5, 0.6) is 5.75 Å². The third-order valence-corrected chi connectivity index (χ3v) is 4.44. The average molecular weight is 377 g/mol. The van der Waals surface area contributed by atoms with Crippen molar-refractivity contribution in [2.24, 2.45) is 0 Å². The van der Waals surface area contributed by atoms with Crippen molar-refractivity contribution in [2.75, 3.05) is 13.2 Å². The van der Waals surface area contributed by atoms with Gasteiger partial charge in [-0.3, -0.25) is 4.79 Å². The first kappa shape index (κ1) is 17.8. The molecule has 0 aliphatic heterocycles. The molecule has 4 aromatic rings. The Kier molecular flexibility index (Phi) is 5.05. The van der Waals surface area contributed by atoms with Crippen LogP contribution in [0.1, 0.15) is 6.42 Å². The Bertz CT molecular complexity index is 1170. The maximum Gasteiger partial charge on any atom is 0.344 e. The van der Waals surface area contributed by atoms with Crippen molar-refractivity contribution in [1.29, 1.82) is 0 Å². The molecular weight excluding hydrogens is 358 g/mol. The van der Waals surface area contributed by atoms with E-state index in [0.29, 0.717) is 23.3 Å². The van der Waals surface area contributed by atoms with Crippen LogP contribution in [0, 0.1) is 0 Å². The monoisotopic (exact) mass is 377 g/mol. The number of aromatic nitrogens is 2. The molecule has 0 bridgehead atoms. The fourth-order valence-corrected chi connectivity index (χ4v) is 3.06. The first-order valence-corrected chi connectivity index (χ1v) is 9.01. The molecule has 2 aromatic heterocycles. The van der Waals surface area contributed by atoms with Crippen LogP contribution in [0.2, 0.25) is 0 Å². The smallest absolute Gasteiger partial charge is 0.344 e. The van der Waals surface area contributed by atoms with E-state index in [4.69, 9.17) is 9.15 Å². The number of aryl methyl sites for hydroxylation is 1. The summed E-state index contributed by atoms with van der Waals surface area (Å²) >= 11 is 0. The lowest BCUT2D eigenvalue weighted by atomic mass is 10.1. The molecule has 0 radical (unpaired) electrons. The third-order valence-electron chi connectivity index (χ3n) is 4.44. The topological polar surface area (TPSA) is 86.4 Å². The number of ether oxygens (including phenoxy) is 1. The number of nitrogens with zero attached hydrogens (tertiary/aromatic N) is 2. The van der Waals surface area contributed by atoms with Crippen molar-refractivity contribution < 1.29 is 13.9 Å². The Morgan fingerprint density at radius 3 is 2.82 bits per heavy atom. The van der Waals surface area contributed by atoms with E-state index in [1.165, 1.54) is 0 Å². The molecule has 28 heavy (non-hydrogen) atoms. The van der Waals surface area contributed by atoms with Crippen molar-refractivity contribution in [1.82, 2.24) is 14.9 Å². The molecule has 2 aromatic carbocycles. The molecule has 142 valence electrons. The van der Waals surface area contributed by atoms with E-state index >= 15 is 0 Å². The summed E-state index contributed by atoms with van der Waals surface area (Å²) in [5, 5.41) is 5.01. The molecular formula is C21H19N3O4. The van der Waals surface area contributed by atoms with Gasteiger partial charge in [-0.05, 0) is 30.0 Å². The number of carbonyl (C=O) groups excluding carboxylic acids is 1. The van der Waals surface area contributed by atoms with Crippen molar-refractivity contribution in [3.8, 4) is 5.75 Å². The Morgan fingerprint density at radius 1 is 1.14 bits per heavy atom. The molecule has 4 rings (SSSR count). The zero-order valence-corrected chi connectivity index (χ0v) is 15.1. The van der Waals surface area contributed by atoms with E-state index in [0.717, 1.165) is 23.7 Å². The number of hydrogen-bond donors (Lipinski definition) is 1. The first-order chi connectivity index (χ1) is 13.7. The van der Waals surface area contributed by atoms with Crippen LogP contribution in [-0.4, -0.2) is 28.6 Å². The molecule has 0 atom stereocenters. The number of fused-ring (bicyclic) bond motifs is 3. The molecule has 0 spiro atoms. The van der Waals surface area contributed by atoms with E-state index in [2.05, 4.69) is 10.3 Å². The summed E-state index contributed by atoms with van der Waals surface area (Å²) < 4.78 is 12.9. The molecule has 0 aliphatic rings. The van der Waals surface area contributed by atoms with E-state index < -0.39 is 5.63 Å². The predicted molar refractivity (Wildman–Crippen MR) is 105 cm³/mol. The van der Waals surface area contributed by atoms with Gasteiger partial charge in [0.2, 0.25) is 0 Å². The Balaban J connectivity index is 1.36. The highest BCUT2D eigenvalue weighted by Crippen LogP contribution is 2.26. The van der Waals surface area contributed by atoms with Gasteiger partial charge >= 0.3 is 5.63 Å². The van der Waals surface area contributed by atoms with Crippen molar-refractivity contribution in [3.05, 3.63) is 71.6 Å². The van der Waals surface area contributed by atoms with Crippen LogP contribution < -0.4 is 15.7 Å². The average Bonchev–Trinajstić information content (AvgIpc) is 3.23. The number of benzene rings is 2. The Labute approximate surface area is 160 Å². The highest BCUT2D eigenvalue weighted by molar-refractivity contribution is 6.04. The molecule has 7 nitrogen and oxygen atoms in total. The molecule has 7 heteroatoms. The second-order valence-corrected chi connectivity index (χ2v) is 6.39. The Hall–Kier alpha value is -3.61. The van der Waals surface area contributed by atoms with Crippen LogP contribution in [0.3, 0.4) is 0 Å². The van der Waals surface area contributed by atoms with E-state index in [1.807, 2.05) is 29.0 Å². The molecule has 0 fully saturated rings. The molecule has 2 heterocycles. The van der Waals surface area contributed by atoms with Crippen LogP contribution >= 0.6 is 0 Å². The lowest BCUT2D eigenvalue weighted by Crippen LogP contribution is -2.30. The largest absolute Gasteiger partial charge is 0.484 e. The quantitative estimate of drug-likeness (QED) is 0.304. The fraction of sp³-hybridized carbons (Fsp3) is 0.190. The second-order valence-electron chi connectivity index (χ2n) is 6.39. The number of amides is 1. The van der Waals surface area contributed by atoms with Crippen molar-refractivity contribution >= 4 is 27.6 Å². The highest BCUT2D eigenvalue weighted by atomic mass is 16.5. The van der Waals surface area contributed by atoms with Gasteiger partial charge in [0.15, 0.2) is 6.61 Å². The van der Waals surface area contributed by atoms with Crippen molar-refractivity contribution in [3.63, 3.8) is 0 Å². The minimum Gasteiger partial charge on any atom is -0.484 e. The Morgan fingerprint density at radius 2 is 2.00 bits per heavy atom. The maximum atomic E-state index is 12.1. The highest BCUT2D eigenvalue weighted by Gasteiger charge is 2.09. The van der Waals surface area contributed by atoms with Crippen LogP contribution in [-0.2, 0) is 11.3 Å². The number of rotatable bonds is 7. The summed E-state index contributed by atoms with van der Waals surface area (Å²) in [6.45, 7) is 1.24. The molecule has 0 saturated heterocycles. The minimum absolute atomic E-state index is 0.103. The first-order valence-electron chi connectivity index (χ1n) is 9.01. The van der Waals surface area contributed by atoms with Gasteiger partial charge in [-0.1, -0.05) is 18.2 Å². The third kappa shape index (κ3) is 3.88. The maximum absolute atomic E-state index is 12.1. The summed E-state index contributed by atoms with van der Waals surface area (Å²) in [6, 6.07) is 12.5. The fourth-order valence-electron chi connectivity index (χ4n) is 3.06. The van der Waals surface area contributed by atoms with E-state index in [1.54, 1.807) is 36.8 Å². The van der Waals surface area contributed by atoms with Gasteiger partial charge in [-0.2, -0.15) is 0 Å². The van der Waals surface area contributed by atoms with Gasteiger partial charge in [-0.25, -0.2) is 9.78 Å². The summed E-state index contributed by atoms with van der Waals surface area (Å²) in [5.41, 5.74) is 0.0397. The van der Waals surface area contributed by atoms with Gasteiger partial charge in [0, 0.05) is 36.9 Å². The molecule has 0 saturated carbocycles. The van der Waals surface area contributed by atoms with Crippen LogP contribution in [0.15, 0.2) is 70.4 Å². The summed E-state index contributed by atoms with van der Waals surface area (Å²) in [5.74, 6) is 0.269. The normalized spacial score (nSPS) is 11.0. The lowest BCUT2D eigenvalue weighted by molar-refractivity contribution is -0.123. The van der Waals surface area contributed by atoms with Gasteiger partial charge in [0.05, 0.1) is 11.7 Å². The number of nitrogens with one attached hydrogen (secondary N) is 1. The van der Waals surface area contributed by atoms with Gasteiger partial charge in [0.1, 0.15) is 11.3 Å². The number of imidazole rings is 1. The zero-order valence-electron chi connectivity index (χ0n) is 15.1. The van der Waals surface area contributed by atoms with Gasteiger partial charge < -0.3 is 19.0 Å². The summed E-state index contributed by atoms with van der Waals surface area (Å²) in [7, 11) is 0. The summed E-state index contributed by atoms with van der Waals surface area (Å²) in [4.78, 5) is 28.0. The van der Waals surface area contributed by atoms with Gasteiger partial charge in [-0.15, -0.1) is 0 Å². The van der Waals surface area contributed by atoms with Crippen LogP contribution in [0.25, 0.3) is 21.7 Å². The van der Waals surface area contributed by atoms with Crippen molar-refractivity contribution in [2.45, 2.75) is 13.0 Å². The molecule has 1 amide bonds. The second kappa shape index (κ2) is 7.96. The predicted octanol–water partition coefficient (Wildman–Crippen LogP) is 2.73.